The third-order valence-electron chi connectivity index (χ3n) is 7.26. The zero-order chi connectivity index (χ0) is 24.1. The van der Waals surface area contributed by atoms with Crippen molar-refractivity contribution in [2.45, 2.75) is 31.3 Å². The highest BCUT2D eigenvalue weighted by Crippen LogP contribution is 2.46. The summed E-state index contributed by atoms with van der Waals surface area (Å²) in [6.45, 7) is 6.43. The number of likely N-dealkylation sites (tertiary alicyclic amines) is 1. The Morgan fingerprint density at radius 1 is 1.03 bits per heavy atom. The summed E-state index contributed by atoms with van der Waals surface area (Å²) in [5.41, 5.74) is 2.18. The second-order valence-corrected chi connectivity index (χ2v) is 9.43. The molecule has 8 heteroatoms. The number of hydrogen-bond acceptors (Lipinski definition) is 6. The summed E-state index contributed by atoms with van der Waals surface area (Å²) in [6.07, 6.45) is 1.77. The largest absolute Gasteiger partial charge is 0.493 e. The van der Waals surface area contributed by atoms with Crippen LogP contribution in [0.15, 0.2) is 48.5 Å². The molecule has 5 rings (SSSR count). The monoisotopic (exact) mass is 479 g/mol. The quantitative estimate of drug-likeness (QED) is 0.613. The number of benzene rings is 2. The van der Waals surface area contributed by atoms with Gasteiger partial charge in [-0.3, -0.25) is 9.69 Å². The van der Waals surface area contributed by atoms with E-state index >= 15 is 0 Å². The number of rotatable bonds is 7. The van der Waals surface area contributed by atoms with Crippen molar-refractivity contribution in [1.82, 2.24) is 9.80 Å². The molecule has 0 unspecified atom stereocenters. The van der Waals surface area contributed by atoms with Gasteiger partial charge in [0.2, 0.25) is 5.91 Å². The Morgan fingerprint density at radius 3 is 2.57 bits per heavy atom. The fourth-order valence-corrected chi connectivity index (χ4v) is 5.18. The molecule has 2 fully saturated rings. The van der Waals surface area contributed by atoms with Crippen molar-refractivity contribution < 1.29 is 23.8 Å². The van der Waals surface area contributed by atoms with E-state index in [1.165, 1.54) is 0 Å². The van der Waals surface area contributed by atoms with E-state index in [1.54, 1.807) is 4.90 Å². The number of nitrogens with one attached hydrogen (secondary N) is 1. The summed E-state index contributed by atoms with van der Waals surface area (Å²) in [5.74, 6) is 0.777. The molecule has 0 bridgehead atoms. The summed E-state index contributed by atoms with van der Waals surface area (Å²) in [5, 5.41) is 3.06. The fraction of sp³-hybridized carbons (Fsp3) is 0.481. The van der Waals surface area contributed by atoms with E-state index in [0.717, 1.165) is 61.8 Å². The van der Waals surface area contributed by atoms with Crippen molar-refractivity contribution in [1.29, 1.82) is 0 Å². The molecule has 186 valence electrons. The molecule has 2 saturated heterocycles. The highest BCUT2D eigenvalue weighted by atomic mass is 16.6. The van der Waals surface area contributed by atoms with Gasteiger partial charge in [-0.05, 0) is 36.5 Å². The third-order valence-corrected chi connectivity index (χ3v) is 7.26. The topological polar surface area (TPSA) is 80.3 Å². The van der Waals surface area contributed by atoms with Crippen LogP contribution in [0.5, 0.6) is 5.75 Å². The number of ether oxygens (including phenoxy) is 3. The zero-order valence-corrected chi connectivity index (χ0v) is 20.0. The number of nitrogens with zero attached hydrogens (tertiary/aromatic N) is 2. The number of carbonyl (C=O) groups excluding carboxylic acids is 2. The molecule has 3 aliphatic heterocycles. The molecular formula is C27H33N3O5. The van der Waals surface area contributed by atoms with Gasteiger partial charge in [-0.25, -0.2) is 4.79 Å². The van der Waals surface area contributed by atoms with E-state index in [-0.39, 0.29) is 18.6 Å². The zero-order valence-electron chi connectivity index (χ0n) is 20.0. The average Bonchev–Trinajstić information content (AvgIpc) is 3.16. The molecule has 8 nitrogen and oxygen atoms in total. The Balaban J connectivity index is 1.13. The summed E-state index contributed by atoms with van der Waals surface area (Å²) in [7, 11) is 0. The fourth-order valence-electron chi connectivity index (χ4n) is 5.18. The number of anilines is 1. The maximum absolute atomic E-state index is 13.0. The molecule has 0 atom stereocenters. The van der Waals surface area contributed by atoms with Crippen molar-refractivity contribution in [3.8, 4) is 5.75 Å². The first-order valence-electron chi connectivity index (χ1n) is 12.5. The van der Waals surface area contributed by atoms with E-state index < -0.39 is 5.41 Å². The standard InChI is InChI=1S/C27H33N3O5/c31-25-27(9-12-30(13-10-27)26(32)35-20-21-5-2-1-3-6-21)23-8-7-22(19-24(23)28-25)34-16-4-11-29-14-17-33-18-15-29/h1-3,5-8,19H,4,9-18,20H2,(H,28,31). The van der Waals surface area contributed by atoms with Gasteiger partial charge in [0.1, 0.15) is 12.4 Å². The number of piperidine rings is 1. The molecule has 35 heavy (non-hydrogen) atoms. The maximum atomic E-state index is 13.0. The van der Waals surface area contributed by atoms with Crippen molar-refractivity contribution in [3.63, 3.8) is 0 Å². The van der Waals surface area contributed by atoms with Crippen LogP contribution in [0.2, 0.25) is 0 Å². The summed E-state index contributed by atoms with van der Waals surface area (Å²) >= 11 is 0. The van der Waals surface area contributed by atoms with Gasteiger partial charge in [0.05, 0.1) is 25.2 Å². The van der Waals surface area contributed by atoms with Crippen LogP contribution in [0.4, 0.5) is 10.5 Å². The lowest BCUT2D eigenvalue weighted by atomic mass is 9.74. The lowest BCUT2D eigenvalue weighted by Gasteiger charge is -2.37. The Bertz CT molecular complexity index is 1030. The second kappa shape index (κ2) is 10.7. The molecule has 3 aliphatic rings. The third kappa shape index (κ3) is 5.28. The van der Waals surface area contributed by atoms with E-state index in [4.69, 9.17) is 14.2 Å². The molecule has 3 heterocycles. The Morgan fingerprint density at radius 2 is 1.80 bits per heavy atom. The SMILES string of the molecule is O=C(OCc1ccccc1)N1CCC2(CC1)C(=O)Nc1cc(OCCCN3CCOCC3)ccc12. The minimum absolute atomic E-state index is 0.00858. The summed E-state index contributed by atoms with van der Waals surface area (Å²) in [6, 6.07) is 15.5. The molecule has 1 N–H and O–H groups in total. The van der Waals surface area contributed by atoms with Crippen LogP contribution in [0, 0.1) is 0 Å². The van der Waals surface area contributed by atoms with Crippen molar-refractivity contribution in [3.05, 3.63) is 59.7 Å². The Kier molecular flexibility index (Phi) is 7.20. The smallest absolute Gasteiger partial charge is 0.410 e. The Hall–Kier alpha value is -3.10. The van der Waals surface area contributed by atoms with Gasteiger partial charge >= 0.3 is 6.09 Å². The van der Waals surface area contributed by atoms with Crippen LogP contribution in [0.1, 0.15) is 30.4 Å². The first-order chi connectivity index (χ1) is 17.1. The Labute approximate surface area is 206 Å². The molecular weight excluding hydrogens is 446 g/mol. The van der Waals surface area contributed by atoms with Gasteiger partial charge < -0.3 is 24.4 Å². The molecule has 0 radical (unpaired) electrons. The van der Waals surface area contributed by atoms with E-state index in [0.29, 0.717) is 32.5 Å². The van der Waals surface area contributed by atoms with Crippen molar-refractivity contribution >= 4 is 17.7 Å². The molecule has 2 aromatic rings. The molecule has 1 spiro atoms. The second-order valence-electron chi connectivity index (χ2n) is 9.43. The van der Waals surface area contributed by atoms with Gasteiger partial charge in [0, 0.05) is 44.5 Å². The van der Waals surface area contributed by atoms with Gasteiger partial charge in [0.15, 0.2) is 0 Å². The number of hydrogen-bond donors (Lipinski definition) is 1. The average molecular weight is 480 g/mol. The predicted molar refractivity (Wildman–Crippen MR) is 132 cm³/mol. The minimum atomic E-state index is -0.597. The summed E-state index contributed by atoms with van der Waals surface area (Å²) in [4.78, 5) is 29.7. The van der Waals surface area contributed by atoms with E-state index in [2.05, 4.69) is 10.2 Å². The van der Waals surface area contributed by atoms with Crippen molar-refractivity contribution in [2.75, 3.05) is 57.9 Å². The number of fused-ring (bicyclic) bond motifs is 2. The highest BCUT2D eigenvalue weighted by Gasteiger charge is 2.49. The molecule has 0 saturated carbocycles. The number of morpholine rings is 1. The van der Waals surface area contributed by atoms with Crippen LogP contribution in [0.25, 0.3) is 0 Å². The number of carbonyl (C=O) groups is 2. The first kappa shape index (κ1) is 23.6. The van der Waals surface area contributed by atoms with Crippen LogP contribution < -0.4 is 10.1 Å². The van der Waals surface area contributed by atoms with E-state index in [9.17, 15) is 9.59 Å². The maximum Gasteiger partial charge on any atom is 0.410 e. The van der Waals surface area contributed by atoms with Crippen LogP contribution >= 0.6 is 0 Å². The minimum Gasteiger partial charge on any atom is -0.493 e. The van der Waals surface area contributed by atoms with Crippen LogP contribution in [0.3, 0.4) is 0 Å². The number of amides is 2. The van der Waals surface area contributed by atoms with Gasteiger partial charge in [-0.1, -0.05) is 36.4 Å². The normalized spacial score (nSPS) is 19.3. The highest BCUT2D eigenvalue weighted by molar-refractivity contribution is 6.06. The molecule has 0 aliphatic carbocycles. The molecule has 2 aromatic carbocycles. The molecule has 0 aromatic heterocycles. The van der Waals surface area contributed by atoms with Crippen LogP contribution in [-0.2, 0) is 26.3 Å². The summed E-state index contributed by atoms with van der Waals surface area (Å²) < 4.78 is 16.8. The first-order valence-corrected chi connectivity index (χ1v) is 12.5. The van der Waals surface area contributed by atoms with Crippen LogP contribution in [-0.4, -0.2) is 74.3 Å². The molecule has 2 amide bonds. The van der Waals surface area contributed by atoms with Crippen molar-refractivity contribution in [2.24, 2.45) is 0 Å². The van der Waals surface area contributed by atoms with Gasteiger partial charge in [0.25, 0.3) is 0 Å². The van der Waals surface area contributed by atoms with E-state index in [1.807, 2.05) is 48.5 Å². The predicted octanol–water partition coefficient (Wildman–Crippen LogP) is 3.41. The lowest BCUT2D eigenvalue weighted by molar-refractivity contribution is -0.122. The van der Waals surface area contributed by atoms with Gasteiger partial charge in [-0.2, -0.15) is 0 Å². The van der Waals surface area contributed by atoms with Gasteiger partial charge in [-0.15, -0.1) is 0 Å². The lowest BCUT2D eigenvalue weighted by Crippen LogP contribution is -2.48.